The lowest BCUT2D eigenvalue weighted by Gasteiger charge is -2.35. The first-order valence-electron chi connectivity index (χ1n) is 9.12. The van der Waals surface area contributed by atoms with Crippen LogP contribution in [0, 0.1) is 0 Å². The molecule has 1 amide bonds. The molecule has 0 saturated carbocycles. The van der Waals surface area contributed by atoms with Gasteiger partial charge in [-0.25, -0.2) is 0 Å². The largest absolute Gasteiger partial charge is 0.491 e. The van der Waals surface area contributed by atoms with E-state index in [1.54, 1.807) is 0 Å². The van der Waals surface area contributed by atoms with Crippen molar-refractivity contribution in [1.82, 2.24) is 15.2 Å². The van der Waals surface area contributed by atoms with Crippen LogP contribution in [0.25, 0.3) is 0 Å². The summed E-state index contributed by atoms with van der Waals surface area (Å²) in [6.07, 6.45) is 2.32. The predicted molar refractivity (Wildman–Crippen MR) is 100.0 cm³/mol. The third-order valence-corrected chi connectivity index (χ3v) is 5.27. The summed E-state index contributed by atoms with van der Waals surface area (Å²) >= 11 is 0. The molecule has 27 heavy (non-hydrogen) atoms. The van der Waals surface area contributed by atoms with E-state index in [1.165, 1.54) is 24.9 Å². The van der Waals surface area contributed by atoms with Gasteiger partial charge in [-0.05, 0) is 12.0 Å². The van der Waals surface area contributed by atoms with Crippen LogP contribution in [0.5, 0.6) is 5.75 Å². The highest BCUT2D eigenvalue weighted by molar-refractivity contribution is 5.92. The number of fused-ring (bicyclic) bond motifs is 1. The lowest BCUT2D eigenvalue weighted by atomic mass is 10.1. The highest BCUT2D eigenvalue weighted by atomic mass is 16.5. The number of carbonyl (C=O) groups excluding carboxylic acids is 1. The fourth-order valence-corrected chi connectivity index (χ4v) is 3.86. The highest BCUT2D eigenvalue weighted by Crippen LogP contribution is 2.30. The van der Waals surface area contributed by atoms with E-state index >= 15 is 0 Å². The molecule has 2 aliphatic rings. The third-order valence-electron chi connectivity index (χ3n) is 5.27. The summed E-state index contributed by atoms with van der Waals surface area (Å²) in [4.78, 5) is 29.5. The van der Waals surface area contributed by atoms with Crippen molar-refractivity contribution in [2.24, 2.45) is 0 Å². The van der Waals surface area contributed by atoms with Crippen molar-refractivity contribution in [3.8, 4) is 5.75 Å². The molecule has 142 valence electrons. The molecule has 3 heterocycles. The van der Waals surface area contributed by atoms with E-state index in [4.69, 9.17) is 9.47 Å². The standard InChI is InChI=1S/C20H23N3O4/c1-26-18-9-21-16(8-17(18)24)20(25)22-14-7-15-12-27-19(11-23(15)10-14)13-5-3-2-4-6-13/h2-6,8-9,14-15,19H,7,10-12H2,1H3,(H,21,24)(H,22,25)/t14-,15-,19+/m0/s1. The molecule has 2 aromatic rings. The number of nitrogens with zero attached hydrogens (tertiary/aromatic N) is 1. The monoisotopic (exact) mass is 369 g/mol. The molecule has 0 spiro atoms. The van der Waals surface area contributed by atoms with Crippen molar-refractivity contribution >= 4 is 5.91 Å². The van der Waals surface area contributed by atoms with Crippen LogP contribution in [-0.4, -0.2) is 54.7 Å². The van der Waals surface area contributed by atoms with Gasteiger partial charge in [0, 0.05) is 37.4 Å². The quantitative estimate of drug-likeness (QED) is 0.850. The molecule has 0 bridgehead atoms. The Labute approximate surface area is 157 Å². The smallest absolute Gasteiger partial charge is 0.268 e. The summed E-state index contributed by atoms with van der Waals surface area (Å²) in [5.74, 6) is -0.0891. The minimum absolute atomic E-state index is 0.0335. The SMILES string of the molecule is COc1c[nH]c(C(=O)N[C@H]2C[C@H]3CO[C@@H](c4ccccc4)CN3C2)cc1=O. The number of ether oxygens (including phenoxy) is 2. The zero-order valence-electron chi connectivity index (χ0n) is 15.2. The van der Waals surface area contributed by atoms with Crippen LogP contribution in [0.3, 0.4) is 0 Å². The minimum atomic E-state index is -0.315. The van der Waals surface area contributed by atoms with E-state index in [9.17, 15) is 9.59 Å². The Morgan fingerprint density at radius 3 is 2.85 bits per heavy atom. The van der Waals surface area contributed by atoms with Crippen LogP contribution in [-0.2, 0) is 4.74 Å². The lowest BCUT2D eigenvalue weighted by Crippen LogP contribution is -2.43. The van der Waals surface area contributed by atoms with Gasteiger partial charge >= 0.3 is 0 Å². The molecule has 2 fully saturated rings. The molecular weight excluding hydrogens is 346 g/mol. The Balaban J connectivity index is 1.38. The van der Waals surface area contributed by atoms with Crippen LogP contribution in [0.15, 0.2) is 47.4 Å². The van der Waals surface area contributed by atoms with Gasteiger partial charge in [-0.2, -0.15) is 0 Å². The Kier molecular flexibility index (Phi) is 4.96. The third kappa shape index (κ3) is 3.74. The van der Waals surface area contributed by atoms with E-state index in [2.05, 4.69) is 27.3 Å². The van der Waals surface area contributed by atoms with E-state index in [0.29, 0.717) is 12.6 Å². The van der Waals surface area contributed by atoms with Crippen molar-refractivity contribution in [2.75, 3.05) is 26.8 Å². The van der Waals surface area contributed by atoms with E-state index in [-0.39, 0.29) is 34.9 Å². The first-order chi connectivity index (χ1) is 13.1. The van der Waals surface area contributed by atoms with Crippen molar-refractivity contribution < 1.29 is 14.3 Å². The van der Waals surface area contributed by atoms with Crippen LogP contribution >= 0.6 is 0 Å². The maximum Gasteiger partial charge on any atom is 0.268 e. The second-order valence-corrected chi connectivity index (χ2v) is 7.03. The van der Waals surface area contributed by atoms with Gasteiger partial charge in [0.2, 0.25) is 5.43 Å². The zero-order chi connectivity index (χ0) is 18.8. The van der Waals surface area contributed by atoms with Gasteiger partial charge < -0.3 is 19.8 Å². The highest BCUT2D eigenvalue weighted by Gasteiger charge is 2.38. The van der Waals surface area contributed by atoms with E-state index in [1.807, 2.05) is 18.2 Å². The number of hydrogen-bond acceptors (Lipinski definition) is 5. The average Bonchev–Trinajstić information content (AvgIpc) is 3.10. The Bertz CT molecular complexity index is 867. The molecule has 0 unspecified atom stereocenters. The molecule has 2 N–H and O–H groups in total. The average molecular weight is 369 g/mol. The molecule has 7 heteroatoms. The molecule has 7 nitrogen and oxygen atoms in total. The first kappa shape index (κ1) is 17.8. The van der Waals surface area contributed by atoms with Crippen molar-refractivity contribution in [2.45, 2.75) is 24.6 Å². The number of H-pyrrole nitrogens is 1. The van der Waals surface area contributed by atoms with E-state index in [0.717, 1.165) is 19.5 Å². The molecular formula is C20H23N3O4. The number of carbonyl (C=O) groups is 1. The van der Waals surface area contributed by atoms with Gasteiger partial charge in [0.1, 0.15) is 5.69 Å². The van der Waals surface area contributed by atoms with Gasteiger partial charge in [0.25, 0.3) is 5.91 Å². The summed E-state index contributed by atoms with van der Waals surface area (Å²) in [6.45, 7) is 2.26. The topological polar surface area (TPSA) is 83.7 Å². The van der Waals surface area contributed by atoms with E-state index < -0.39 is 0 Å². The predicted octanol–water partition coefficient (Wildman–Crippen LogP) is 1.33. The van der Waals surface area contributed by atoms with Crippen LogP contribution < -0.4 is 15.5 Å². The number of amides is 1. The summed E-state index contributed by atoms with van der Waals surface area (Å²) in [7, 11) is 1.42. The maximum absolute atomic E-state index is 12.5. The fraction of sp³-hybridized carbons (Fsp3) is 0.400. The van der Waals surface area contributed by atoms with Crippen molar-refractivity contribution in [3.05, 3.63) is 64.1 Å². The molecule has 2 aliphatic heterocycles. The normalized spacial score (nSPS) is 25.0. The molecule has 4 rings (SSSR count). The number of benzene rings is 1. The number of aromatic amines is 1. The van der Waals surface area contributed by atoms with Crippen LogP contribution in [0.4, 0.5) is 0 Å². The second kappa shape index (κ2) is 7.54. The number of nitrogens with one attached hydrogen (secondary N) is 2. The van der Waals surface area contributed by atoms with Gasteiger partial charge in [0.15, 0.2) is 5.75 Å². The Hall–Kier alpha value is -2.64. The number of rotatable bonds is 4. The first-order valence-corrected chi connectivity index (χ1v) is 9.12. The molecule has 2 saturated heterocycles. The minimum Gasteiger partial charge on any atom is -0.491 e. The van der Waals surface area contributed by atoms with Gasteiger partial charge in [-0.1, -0.05) is 30.3 Å². The maximum atomic E-state index is 12.5. The summed E-state index contributed by atoms with van der Waals surface area (Å²) in [5, 5.41) is 3.02. The van der Waals surface area contributed by atoms with Crippen LogP contribution in [0.1, 0.15) is 28.6 Å². The molecule has 1 aromatic carbocycles. The van der Waals surface area contributed by atoms with Gasteiger partial charge in [-0.3, -0.25) is 14.5 Å². The zero-order valence-corrected chi connectivity index (χ0v) is 15.2. The Morgan fingerprint density at radius 2 is 2.11 bits per heavy atom. The number of aromatic nitrogens is 1. The molecule has 1 aromatic heterocycles. The Morgan fingerprint density at radius 1 is 1.30 bits per heavy atom. The van der Waals surface area contributed by atoms with Gasteiger partial charge in [-0.15, -0.1) is 0 Å². The number of pyridine rings is 1. The summed E-state index contributed by atoms with van der Waals surface area (Å²) in [5.41, 5.74) is 1.10. The fourth-order valence-electron chi connectivity index (χ4n) is 3.86. The molecule has 3 atom stereocenters. The molecule has 0 radical (unpaired) electrons. The lowest BCUT2D eigenvalue weighted by molar-refractivity contribution is -0.0502. The second-order valence-electron chi connectivity index (χ2n) is 7.03. The van der Waals surface area contributed by atoms with Crippen molar-refractivity contribution in [1.29, 1.82) is 0 Å². The molecule has 0 aliphatic carbocycles. The summed E-state index contributed by atoms with van der Waals surface area (Å²) in [6, 6.07) is 11.8. The number of morpholine rings is 1. The van der Waals surface area contributed by atoms with Crippen LogP contribution in [0.2, 0.25) is 0 Å². The number of hydrogen-bond donors (Lipinski definition) is 2. The van der Waals surface area contributed by atoms with Gasteiger partial charge in [0.05, 0.1) is 19.8 Å². The van der Waals surface area contributed by atoms with Crippen molar-refractivity contribution in [3.63, 3.8) is 0 Å². The summed E-state index contributed by atoms with van der Waals surface area (Å²) < 4.78 is 11.0. The number of methoxy groups -OCH3 is 1.